The van der Waals surface area contributed by atoms with Gasteiger partial charge in [0.1, 0.15) is 5.69 Å². The molecule has 25 heavy (non-hydrogen) atoms. The van der Waals surface area contributed by atoms with Gasteiger partial charge in [0.05, 0.1) is 0 Å². The quantitative estimate of drug-likeness (QED) is 0.842. The van der Waals surface area contributed by atoms with Gasteiger partial charge in [-0.25, -0.2) is 9.97 Å². The summed E-state index contributed by atoms with van der Waals surface area (Å²) >= 11 is 0. The number of rotatable bonds is 2. The molecule has 6 nitrogen and oxygen atoms in total. The fourth-order valence-electron chi connectivity index (χ4n) is 4.08. The van der Waals surface area contributed by atoms with Crippen LogP contribution in [0.4, 0.5) is 5.95 Å². The molecule has 6 heteroatoms. The summed E-state index contributed by atoms with van der Waals surface area (Å²) in [7, 11) is 0. The van der Waals surface area contributed by atoms with E-state index in [0.29, 0.717) is 5.69 Å². The van der Waals surface area contributed by atoms with Crippen molar-refractivity contribution in [2.45, 2.75) is 25.7 Å². The maximum absolute atomic E-state index is 12.7. The molecule has 2 aromatic rings. The molecule has 0 aromatic carbocycles. The third kappa shape index (κ3) is 3.34. The first-order valence-electron chi connectivity index (χ1n) is 8.98. The van der Waals surface area contributed by atoms with Crippen LogP contribution in [0.25, 0.3) is 0 Å². The van der Waals surface area contributed by atoms with Gasteiger partial charge >= 0.3 is 0 Å². The Kier molecular flexibility index (Phi) is 4.34. The standard InChI is InChI=1S/C19H23N5O/c25-17(16-5-1-2-9-20-16)24-12-3-6-19(15-24)7-13-23(14-8-19)18-21-10-4-11-22-18/h1-2,4-5,9-11H,3,6-8,12-15H2. The molecule has 130 valence electrons. The van der Waals surface area contributed by atoms with E-state index in [1.807, 2.05) is 23.1 Å². The van der Waals surface area contributed by atoms with Crippen LogP contribution in [-0.2, 0) is 0 Å². The highest BCUT2D eigenvalue weighted by molar-refractivity contribution is 5.92. The molecule has 0 aliphatic carbocycles. The monoisotopic (exact) mass is 337 g/mol. The first-order chi connectivity index (χ1) is 12.3. The summed E-state index contributed by atoms with van der Waals surface area (Å²) in [4.78, 5) is 29.9. The van der Waals surface area contributed by atoms with Gasteiger partial charge in [-0.05, 0) is 49.3 Å². The van der Waals surface area contributed by atoms with E-state index >= 15 is 0 Å². The van der Waals surface area contributed by atoms with Crippen LogP contribution in [-0.4, -0.2) is 51.9 Å². The molecule has 0 unspecified atom stereocenters. The molecule has 2 saturated heterocycles. The zero-order valence-corrected chi connectivity index (χ0v) is 14.3. The highest BCUT2D eigenvalue weighted by Gasteiger charge is 2.40. The Labute approximate surface area is 147 Å². The van der Waals surface area contributed by atoms with Crippen molar-refractivity contribution >= 4 is 11.9 Å². The smallest absolute Gasteiger partial charge is 0.272 e. The average Bonchev–Trinajstić information content (AvgIpc) is 2.69. The minimum atomic E-state index is 0.0634. The van der Waals surface area contributed by atoms with Crippen LogP contribution in [0.3, 0.4) is 0 Å². The largest absolute Gasteiger partial charge is 0.341 e. The second-order valence-corrected chi connectivity index (χ2v) is 7.08. The van der Waals surface area contributed by atoms with Gasteiger partial charge in [0.2, 0.25) is 5.95 Å². The minimum absolute atomic E-state index is 0.0634. The molecule has 4 rings (SSSR count). The van der Waals surface area contributed by atoms with Crippen LogP contribution in [0.2, 0.25) is 0 Å². The zero-order valence-electron chi connectivity index (χ0n) is 14.3. The van der Waals surface area contributed by atoms with Crippen molar-refractivity contribution in [1.82, 2.24) is 19.9 Å². The van der Waals surface area contributed by atoms with Gasteiger partial charge in [-0.1, -0.05) is 6.07 Å². The lowest BCUT2D eigenvalue weighted by molar-refractivity contribution is 0.0428. The molecular formula is C19H23N5O. The van der Waals surface area contributed by atoms with E-state index in [-0.39, 0.29) is 11.3 Å². The van der Waals surface area contributed by atoms with Crippen molar-refractivity contribution in [2.75, 3.05) is 31.1 Å². The van der Waals surface area contributed by atoms with Gasteiger partial charge in [-0.15, -0.1) is 0 Å². The number of piperidine rings is 2. The van der Waals surface area contributed by atoms with Crippen LogP contribution in [0, 0.1) is 5.41 Å². The minimum Gasteiger partial charge on any atom is -0.341 e. The summed E-state index contributed by atoms with van der Waals surface area (Å²) in [6.07, 6.45) is 9.70. The third-order valence-corrected chi connectivity index (χ3v) is 5.49. The normalized spacial score (nSPS) is 19.8. The van der Waals surface area contributed by atoms with E-state index in [4.69, 9.17) is 0 Å². The molecule has 0 atom stereocenters. The van der Waals surface area contributed by atoms with Gasteiger partial charge in [0, 0.05) is 44.8 Å². The molecule has 4 heterocycles. The van der Waals surface area contributed by atoms with E-state index in [2.05, 4.69) is 19.9 Å². The SMILES string of the molecule is O=C(c1ccccn1)N1CCCC2(CCN(c3ncccn3)CC2)C1. The van der Waals surface area contributed by atoms with Crippen molar-refractivity contribution in [3.05, 3.63) is 48.5 Å². The van der Waals surface area contributed by atoms with E-state index in [0.717, 1.165) is 51.4 Å². The van der Waals surface area contributed by atoms with E-state index in [1.54, 1.807) is 24.7 Å². The number of amides is 1. The molecular weight excluding hydrogens is 314 g/mol. The van der Waals surface area contributed by atoms with E-state index < -0.39 is 0 Å². The van der Waals surface area contributed by atoms with Crippen molar-refractivity contribution in [3.8, 4) is 0 Å². The van der Waals surface area contributed by atoms with Crippen molar-refractivity contribution in [2.24, 2.45) is 5.41 Å². The number of hydrogen-bond acceptors (Lipinski definition) is 5. The first kappa shape index (κ1) is 16.0. The van der Waals surface area contributed by atoms with Crippen LogP contribution in [0.5, 0.6) is 0 Å². The van der Waals surface area contributed by atoms with E-state index in [1.165, 1.54) is 6.42 Å². The lowest BCUT2D eigenvalue weighted by Crippen LogP contribution is -2.51. The lowest BCUT2D eigenvalue weighted by atomic mass is 9.72. The Balaban J connectivity index is 1.42. The fourth-order valence-corrected chi connectivity index (χ4v) is 4.08. The van der Waals surface area contributed by atoms with Gasteiger partial charge in [0.15, 0.2) is 0 Å². The number of nitrogens with zero attached hydrogens (tertiary/aromatic N) is 5. The highest BCUT2D eigenvalue weighted by atomic mass is 16.2. The van der Waals surface area contributed by atoms with Gasteiger partial charge in [-0.2, -0.15) is 0 Å². The predicted molar refractivity (Wildman–Crippen MR) is 95.3 cm³/mol. The molecule has 2 aliphatic rings. The van der Waals surface area contributed by atoms with Crippen LogP contribution in [0.15, 0.2) is 42.9 Å². The fraction of sp³-hybridized carbons (Fsp3) is 0.474. The van der Waals surface area contributed by atoms with Crippen molar-refractivity contribution < 1.29 is 4.79 Å². The molecule has 2 fully saturated rings. The summed E-state index contributed by atoms with van der Waals surface area (Å²) in [6.45, 7) is 3.58. The Morgan fingerprint density at radius 3 is 2.40 bits per heavy atom. The molecule has 1 spiro atoms. The highest BCUT2D eigenvalue weighted by Crippen LogP contribution is 2.40. The molecule has 2 aromatic heterocycles. The average molecular weight is 337 g/mol. The number of hydrogen-bond donors (Lipinski definition) is 0. The summed E-state index contributed by atoms with van der Waals surface area (Å²) in [5, 5.41) is 0. The second-order valence-electron chi connectivity index (χ2n) is 7.08. The molecule has 1 amide bonds. The number of likely N-dealkylation sites (tertiary alicyclic amines) is 1. The van der Waals surface area contributed by atoms with Crippen molar-refractivity contribution in [3.63, 3.8) is 0 Å². The number of aromatic nitrogens is 3. The molecule has 0 saturated carbocycles. The number of pyridine rings is 1. The Bertz CT molecular complexity index is 713. The second kappa shape index (κ2) is 6.78. The van der Waals surface area contributed by atoms with Crippen LogP contribution in [0.1, 0.15) is 36.2 Å². The van der Waals surface area contributed by atoms with Crippen molar-refractivity contribution in [1.29, 1.82) is 0 Å². The maximum atomic E-state index is 12.7. The molecule has 0 radical (unpaired) electrons. The van der Waals surface area contributed by atoms with Crippen LogP contribution < -0.4 is 4.90 Å². The predicted octanol–water partition coefficient (Wildman–Crippen LogP) is 2.39. The third-order valence-electron chi connectivity index (χ3n) is 5.49. The number of carbonyl (C=O) groups excluding carboxylic acids is 1. The topological polar surface area (TPSA) is 62.2 Å². The lowest BCUT2D eigenvalue weighted by Gasteiger charge is -2.47. The number of carbonyl (C=O) groups is 1. The molecule has 2 aliphatic heterocycles. The Morgan fingerprint density at radius 2 is 1.68 bits per heavy atom. The Morgan fingerprint density at radius 1 is 0.920 bits per heavy atom. The van der Waals surface area contributed by atoms with E-state index in [9.17, 15) is 4.79 Å². The van der Waals surface area contributed by atoms with Crippen LogP contribution >= 0.6 is 0 Å². The summed E-state index contributed by atoms with van der Waals surface area (Å²) < 4.78 is 0. The zero-order chi connectivity index (χ0) is 17.1. The van der Waals surface area contributed by atoms with Gasteiger partial charge in [0.25, 0.3) is 5.91 Å². The van der Waals surface area contributed by atoms with Gasteiger partial charge in [-0.3, -0.25) is 9.78 Å². The number of anilines is 1. The summed E-state index contributed by atoms with van der Waals surface area (Å²) in [5.41, 5.74) is 0.781. The van der Waals surface area contributed by atoms with Gasteiger partial charge < -0.3 is 9.80 Å². The molecule has 0 bridgehead atoms. The molecule has 0 N–H and O–H groups in total. The first-order valence-corrected chi connectivity index (χ1v) is 8.98. The maximum Gasteiger partial charge on any atom is 0.272 e. The summed E-state index contributed by atoms with van der Waals surface area (Å²) in [6, 6.07) is 7.37. The Hall–Kier alpha value is -2.50. The summed E-state index contributed by atoms with van der Waals surface area (Å²) in [5.74, 6) is 0.878.